The maximum Gasteiger partial charge on any atom is 0.233 e. The van der Waals surface area contributed by atoms with Crippen molar-refractivity contribution < 1.29 is 9.59 Å². The first-order valence-electron chi connectivity index (χ1n) is 8.72. The number of aromatic amines is 1. The number of benzene rings is 2. The molecule has 0 aliphatic heterocycles. The summed E-state index contributed by atoms with van der Waals surface area (Å²) in [6.45, 7) is 4.39. The molecule has 0 radical (unpaired) electrons. The van der Waals surface area contributed by atoms with Gasteiger partial charge in [-0.2, -0.15) is 0 Å². The Hall–Kier alpha value is -3.08. The molecule has 3 N–H and O–H groups in total. The fourth-order valence-electron chi connectivity index (χ4n) is 2.95. The number of hydrogen-bond acceptors (Lipinski definition) is 2. The number of rotatable bonds is 6. The summed E-state index contributed by atoms with van der Waals surface area (Å²) in [5.41, 5.74) is 5.03. The summed E-state index contributed by atoms with van der Waals surface area (Å²) in [5.74, 6) is -0.573. The van der Waals surface area contributed by atoms with Crippen LogP contribution < -0.4 is 10.6 Å². The van der Waals surface area contributed by atoms with Crippen LogP contribution in [-0.2, 0) is 16.0 Å². The molecule has 2 aromatic carbocycles. The van der Waals surface area contributed by atoms with E-state index in [4.69, 9.17) is 0 Å². The zero-order chi connectivity index (χ0) is 18.5. The van der Waals surface area contributed by atoms with E-state index in [9.17, 15) is 9.59 Å². The highest BCUT2D eigenvalue weighted by Crippen LogP contribution is 2.18. The van der Waals surface area contributed by atoms with Gasteiger partial charge in [-0.05, 0) is 49.1 Å². The number of nitrogens with one attached hydrogen (secondary N) is 3. The first-order chi connectivity index (χ1) is 12.5. The summed E-state index contributed by atoms with van der Waals surface area (Å²) in [5, 5.41) is 6.78. The average Bonchev–Trinajstić information content (AvgIpc) is 3.01. The lowest BCUT2D eigenvalue weighted by molar-refractivity contribution is -0.126. The van der Waals surface area contributed by atoms with E-state index in [2.05, 4.69) is 21.7 Å². The van der Waals surface area contributed by atoms with Gasteiger partial charge in [0.05, 0.1) is 0 Å². The van der Waals surface area contributed by atoms with Gasteiger partial charge >= 0.3 is 0 Å². The minimum absolute atomic E-state index is 0.179. The molecule has 2 amide bonds. The second kappa shape index (κ2) is 7.87. The summed E-state index contributed by atoms with van der Waals surface area (Å²) in [4.78, 5) is 27.3. The Balaban J connectivity index is 1.48. The zero-order valence-corrected chi connectivity index (χ0v) is 15.1. The number of carbonyl (C=O) groups is 2. The Labute approximate surface area is 152 Å². The van der Waals surface area contributed by atoms with Crippen LogP contribution in [0.1, 0.15) is 23.1 Å². The number of anilines is 1. The standard InChI is InChI=1S/C21H23N3O2/c1-14-7-8-15(2)19(11-14)24-21(26)12-20(25)22-10-9-16-13-23-18-6-4-3-5-17(16)18/h3-8,11,13,23H,9-10,12H2,1-2H3,(H,22,25)(H,24,26). The van der Waals surface area contributed by atoms with Gasteiger partial charge in [0.15, 0.2) is 0 Å². The molecule has 1 aromatic heterocycles. The number of amides is 2. The number of para-hydroxylation sites is 1. The van der Waals surface area contributed by atoms with Crippen LogP contribution in [0.5, 0.6) is 0 Å². The normalized spacial score (nSPS) is 10.7. The van der Waals surface area contributed by atoms with Gasteiger partial charge in [-0.15, -0.1) is 0 Å². The van der Waals surface area contributed by atoms with Crippen molar-refractivity contribution in [1.29, 1.82) is 0 Å². The van der Waals surface area contributed by atoms with Crippen molar-refractivity contribution in [3.05, 3.63) is 65.4 Å². The van der Waals surface area contributed by atoms with Crippen LogP contribution in [0.4, 0.5) is 5.69 Å². The maximum absolute atomic E-state index is 12.1. The molecule has 0 bridgehead atoms. The Morgan fingerprint density at radius 1 is 1.04 bits per heavy atom. The number of fused-ring (bicyclic) bond motifs is 1. The third-order valence-electron chi connectivity index (χ3n) is 4.38. The van der Waals surface area contributed by atoms with Crippen molar-refractivity contribution in [3.8, 4) is 0 Å². The van der Waals surface area contributed by atoms with Crippen LogP contribution in [0.15, 0.2) is 48.7 Å². The number of aryl methyl sites for hydroxylation is 2. The topological polar surface area (TPSA) is 74.0 Å². The quantitative estimate of drug-likeness (QED) is 0.596. The lowest BCUT2D eigenvalue weighted by Gasteiger charge is -2.09. The van der Waals surface area contributed by atoms with E-state index < -0.39 is 0 Å². The van der Waals surface area contributed by atoms with Gasteiger partial charge in [-0.3, -0.25) is 9.59 Å². The molecule has 5 nitrogen and oxygen atoms in total. The molecule has 3 rings (SSSR count). The van der Waals surface area contributed by atoms with E-state index in [1.54, 1.807) is 0 Å². The molecule has 0 saturated carbocycles. The lowest BCUT2D eigenvalue weighted by atomic mass is 10.1. The third kappa shape index (κ3) is 4.30. The monoisotopic (exact) mass is 349 g/mol. The predicted molar refractivity (Wildman–Crippen MR) is 104 cm³/mol. The number of carbonyl (C=O) groups excluding carboxylic acids is 2. The van der Waals surface area contributed by atoms with Gasteiger partial charge in [-0.25, -0.2) is 0 Å². The molecule has 0 saturated heterocycles. The van der Waals surface area contributed by atoms with E-state index in [-0.39, 0.29) is 18.2 Å². The van der Waals surface area contributed by atoms with Crippen LogP contribution in [0, 0.1) is 13.8 Å². The van der Waals surface area contributed by atoms with Gasteiger partial charge in [0.2, 0.25) is 11.8 Å². The van der Waals surface area contributed by atoms with Crippen molar-refractivity contribution >= 4 is 28.4 Å². The van der Waals surface area contributed by atoms with Crippen molar-refractivity contribution in [1.82, 2.24) is 10.3 Å². The van der Waals surface area contributed by atoms with Gasteiger partial charge in [0.1, 0.15) is 6.42 Å². The average molecular weight is 349 g/mol. The summed E-state index contributed by atoms with van der Waals surface area (Å²) < 4.78 is 0. The van der Waals surface area contributed by atoms with Crippen LogP contribution in [0.25, 0.3) is 10.9 Å². The van der Waals surface area contributed by atoms with Crippen LogP contribution >= 0.6 is 0 Å². The molecular weight excluding hydrogens is 326 g/mol. The van der Waals surface area contributed by atoms with E-state index in [1.165, 1.54) is 0 Å². The molecule has 0 atom stereocenters. The summed E-state index contributed by atoms with van der Waals surface area (Å²) >= 11 is 0. The largest absolute Gasteiger partial charge is 0.361 e. The fourth-order valence-corrected chi connectivity index (χ4v) is 2.95. The summed E-state index contributed by atoms with van der Waals surface area (Å²) in [6, 6.07) is 13.9. The predicted octanol–water partition coefficient (Wildman–Crippen LogP) is 3.47. The van der Waals surface area contributed by atoms with Crippen molar-refractivity contribution in [2.24, 2.45) is 0 Å². The molecule has 134 valence electrons. The van der Waals surface area contributed by atoms with E-state index >= 15 is 0 Å². The minimum atomic E-state index is -0.303. The molecular formula is C21H23N3O2. The fraction of sp³-hybridized carbons (Fsp3) is 0.238. The number of aromatic nitrogens is 1. The first-order valence-corrected chi connectivity index (χ1v) is 8.72. The molecule has 0 aliphatic carbocycles. The molecule has 0 unspecified atom stereocenters. The summed E-state index contributed by atoms with van der Waals surface area (Å²) in [7, 11) is 0. The van der Waals surface area contributed by atoms with E-state index in [0.717, 1.165) is 33.3 Å². The SMILES string of the molecule is Cc1ccc(C)c(NC(=O)CC(=O)NCCc2c[nH]c3ccccc23)c1. The molecule has 0 spiro atoms. The molecule has 26 heavy (non-hydrogen) atoms. The molecule has 5 heteroatoms. The van der Waals surface area contributed by atoms with Gasteiger partial charge in [0, 0.05) is 29.3 Å². The highest BCUT2D eigenvalue weighted by atomic mass is 16.2. The maximum atomic E-state index is 12.1. The van der Waals surface area contributed by atoms with Gasteiger partial charge in [0.25, 0.3) is 0 Å². The Kier molecular flexibility index (Phi) is 5.37. The zero-order valence-electron chi connectivity index (χ0n) is 15.1. The van der Waals surface area contributed by atoms with Crippen LogP contribution in [0.3, 0.4) is 0 Å². The highest BCUT2D eigenvalue weighted by Gasteiger charge is 2.11. The smallest absolute Gasteiger partial charge is 0.233 e. The Morgan fingerprint density at radius 2 is 1.85 bits per heavy atom. The number of hydrogen-bond donors (Lipinski definition) is 3. The van der Waals surface area contributed by atoms with E-state index in [0.29, 0.717) is 13.0 Å². The van der Waals surface area contributed by atoms with Crippen LogP contribution in [0.2, 0.25) is 0 Å². The molecule has 3 aromatic rings. The van der Waals surface area contributed by atoms with Crippen molar-refractivity contribution in [3.63, 3.8) is 0 Å². The second-order valence-corrected chi connectivity index (χ2v) is 6.50. The molecule has 0 aliphatic rings. The van der Waals surface area contributed by atoms with Crippen LogP contribution in [-0.4, -0.2) is 23.3 Å². The molecule has 0 fully saturated rings. The lowest BCUT2D eigenvalue weighted by Crippen LogP contribution is -2.29. The second-order valence-electron chi connectivity index (χ2n) is 6.50. The van der Waals surface area contributed by atoms with E-state index in [1.807, 2.05) is 56.4 Å². The Morgan fingerprint density at radius 3 is 2.69 bits per heavy atom. The third-order valence-corrected chi connectivity index (χ3v) is 4.38. The minimum Gasteiger partial charge on any atom is -0.361 e. The highest BCUT2D eigenvalue weighted by molar-refractivity contribution is 6.03. The Bertz CT molecular complexity index is 943. The van der Waals surface area contributed by atoms with Crippen molar-refractivity contribution in [2.75, 3.05) is 11.9 Å². The number of H-pyrrole nitrogens is 1. The summed E-state index contributed by atoms with van der Waals surface area (Å²) in [6.07, 6.45) is 2.50. The molecule has 1 heterocycles. The first kappa shape index (κ1) is 17.7. The van der Waals surface area contributed by atoms with Crippen molar-refractivity contribution in [2.45, 2.75) is 26.7 Å². The van der Waals surface area contributed by atoms with Gasteiger partial charge in [-0.1, -0.05) is 30.3 Å². The van der Waals surface area contributed by atoms with Gasteiger partial charge < -0.3 is 15.6 Å².